The smallest absolute Gasteiger partial charge is 0.243 e. The van der Waals surface area contributed by atoms with Crippen LogP contribution in [0.1, 0.15) is 9.67 Å². The van der Waals surface area contributed by atoms with Crippen LogP contribution >= 0.6 is 34.9 Å². The number of rotatable bonds is 4. The van der Waals surface area contributed by atoms with Crippen LogP contribution in [0.2, 0.25) is 0 Å². The third-order valence-electron chi connectivity index (χ3n) is 4.56. The number of ketones is 1. The van der Waals surface area contributed by atoms with E-state index in [0.29, 0.717) is 15.7 Å². The number of amides is 1. The van der Waals surface area contributed by atoms with Gasteiger partial charge in [-0.05, 0) is 47.5 Å². The second-order valence-corrected chi connectivity index (χ2v) is 9.88. The maximum atomic E-state index is 13.1. The molecule has 144 valence electrons. The van der Waals surface area contributed by atoms with E-state index in [2.05, 4.69) is 0 Å². The number of thioether (sulfide) groups is 2. The first kappa shape index (κ1) is 18.5. The number of hydrogen-bond acceptors (Lipinski definition) is 7. The number of anilines is 2. The fourth-order valence-corrected chi connectivity index (χ4v) is 6.83. The molecule has 1 fully saturated rings. The Bertz CT molecular complexity index is 1090. The lowest BCUT2D eigenvalue weighted by Crippen LogP contribution is -2.51. The van der Waals surface area contributed by atoms with Crippen LogP contribution in [-0.2, 0) is 4.79 Å². The molecule has 1 saturated heterocycles. The summed E-state index contributed by atoms with van der Waals surface area (Å²) < 4.78 is -0.873. The van der Waals surface area contributed by atoms with E-state index in [-0.39, 0.29) is 11.7 Å². The van der Waals surface area contributed by atoms with Crippen LogP contribution in [-0.4, -0.2) is 26.8 Å². The summed E-state index contributed by atoms with van der Waals surface area (Å²) in [6.07, 6.45) is 0. The normalized spacial score (nSPS) is 21.1. The van der Waals surface area contributed by atoms with Crippen LogP contribution in [0, 0.1) is 0 Å². The molecular formula is C21H15N3O2S3. The summed E-state index contributed by atoms with van der Waals surface area (Å²) in [6.45, 7) is 0. The molecule has 0 saturated carbocycles. The first-order chi connectivity index (χ1) is 14.2. The maximum Gasteiger partial charge on any atom is 0.243 e. The molecule has 1 spiro atoms. The van der Waals surface area contributed by atoms with Gasteiger partial charge in [-0.3, -0.25) is 14.5 Å². The van der Waals surface area contributed by atoms with E-state index in [1.165, 1.54) is 34.9 Å². The molecule has 1 atom stereocenters. The van der Waals surface area contributed by atoms with Crippen molar-refractivity contribution >= 4 is 63.0 Å². The van der Waals surface area contributed by atoms with Gasteiger partial charge >= 0.3 is 0 Å². The summed E-state index contributed by atoms with van der Waals surface area (Å²) in [6, 6.07) is 22.9. The fraction of sp³-hybridized carbons (Fsp3) is 0.0952. The lowest BCUT2D eigenvalue weighted by Gasteiger charge is -2.39. The minimum atomic E-state index is -0.873. The largest absolute Gasteiger partial charge is 0.285 e. The number of nitrogens with zero attached hydrogens (tertiary/aromatic N) is 3. The number of carbonyl (C=O) groups excluding carboxylic acids is 2. The first-order valence-electron chi connectivity index (χ1n) is 8.92. The molecule has 0 N–H and O–H groups in total. The summed E-state index contributed by atoms with van der Waals surface area (Å²) in [4.78, 5) is 28.4. The Kier molecular flexibility index (Phi) is 4.69. The van der Waals surface area contributed by atoms with Crippen molar-refractivity contribution in [1.29, 1.82) is 0 Å². The van der Waals surface area contributed by atoms with Crippen LogP contribution in [0.3, 0.4) is 0 Å². The molecule has 0 bridgehead atoms. The molecule has 5 nitrogen and oxygen atoms in total. The number of hydrazone groups is 1. The van der Waals surface area contributed by atoms with E-state index in [4.69, 9.17) is 5.10 Å². The minimum Gasteiger partial charge on any atom is -0.285 e. The zero-order chi connectivity index (χ0) is 19.8. The number of para-hydroxylation sites is 2. The van der Waals surface area contributed by atoms with Gasteiger partial charge in [0.15, 0.2) is 5.04 Å². The summed E-state index contributed by atoms with van der Waals surface area (Å²) in [5.74, 6) is 0.201. The van der Waals surface area contributed by atoms with Crippen LogP contribution in [0.5, 0.6) is 0 Å². The second-order valence-electron chi connectivity index (χ2n) is 6.36. The Morgan fingerprint density at radius 2 is 1.62 bits per heavy atom. The highest BCUT2D eigenvalue weighted by atomic mass is 32.2. The van der Waals surface area contributed by atoms with Gasteiger partial charge in [0, 0.05) is 5.69 Å². The fourth-order valence-electron chi connectivity index (χ4n) is 3.30. The quantitative estimate of drug-likeness (QED) is 0.544. The number of hydrogen-bond donors (Lipinski definition) is 0. The van der Waals surface area contributed by atoms with Crippen molar-refractivity contribution in [3.05, 3.63) is 83.1 Å². The van der Waals surface area contributed by atoms with Gasteiger partial charge in [-0.15, -0.1) is 11.3 Å². The van der Waals surface area contributed by atoms with Gasteiger partial charge in [0.25, 0.3) is 0 Å². The van der Waals surface area contributed by atoms with Crippen molar-refractivity contribution in [2.75, 3.05) is 15.7 Å². The van der Waals surface area contributed by atoms with Crippen molar-refractivity contribution in [3.8, 4) is 0 Å². The molecule has 8 heteroatoms. The van der Waals surface area contributed by atoms with E-state index < -0.39 is 4.33 Å². The van der Waals surface area contributed by atoms with Crippen LogP contribution < -0.4 is 9.91 Å². The Morgan fingerprint density at radius 3 is 2.28 bits per heavy atom. The van der Waals surface area contributed by atoms with Crippen molar-refractivity contribution < 1.29 is 9.59 Å². The molecule has 3 heterocycles. The van der Waals surface area contributed by atoms with Crippen molar-refractivity contribution in [1.82, 2.24) is 0 Å². The van der Waals surface area contributed by atoms with Gasteiger partial charge in [-0.1, -0.05) is 54.2 Å². The van der Waals surface area contributed by atoms with E-state index in [1.54, 1.807) is 16.0 Å². The van der Waals surface area contributed by atoms with Crippen LogP contribution in [0.4, 0.5) is 11.4 Å². The first-order valence-corrected chi connectivity index (χ1v) is 11.6. The topological polar surface area (TPSA) is 53.0 Å². The molecule has 2 aromatic carbocycles. The molecule has 5 rings (SSSR count). The molecule has 3 aromatic rings. The van der Waals surface area contributed by atoms with Crippen molar-refractivity contribution in [2.45, 2.75) is 4.33 Å². The van der Waals surface area contributed by atoms with E-state index in [9.17, 15) is 9.59 Å². The van der Waals surface area contributed by atoms with Gasteiger partial charge in [0.2, 0.25) is 16.0 Å². The average molecular weight is 438 g/mol. The molecule has 1 aromatic heterocycles. The van der Waals surface area contributed by atoms with Gasteiger partial charge in [0.05, 0.1) is 16.3 Å². The predicted octanol–water partition coefficient (Wildman–Crippen LogP) is 4.89. The van der Waals surface area contributed by atoms with Gasteiger partial charge < -0.3 is 0 Å². The lowest BCUT2D eigenvalue weighted by atomic mass is 10.3. The highest BCUT2D eigenvalue weighted by Gasteiger charge is 2.58. The van der Waals surface area contributed by atoms with Crippen molar-refractivity contribution in [3.63, 3.8) is 0 Å². The zero-order valence-electron chi connectivity index (χ0n) is 15.1. The van der Waals surface area contributed by atoms with Gasteiger partial charge in [0.1, 0.15) is 0 Å². The van der Waals surface area contributed by atoms with E-state index >= 15 is 0 Å². The minimum absolute atomic E-state index is 0.00495. The molecule has 0 aliphatic carbocycles. The molecule has 2 aliphatic heterocycles. The molecule has 0 radical (unpaired) electrons. The Hall–Kier alpha value is -2.55. The second kappa shape index (κ2) is 7.37. The average Bonchev–Trinajstić information content (AvgIpc) is 3.49. The maximum absolute atomic E-state index is 13.1. The number of benzene rings is 2. The predicted molar refractivity (Wildman–Crippen MR) is 122 cm³/mol. The third-order valence-corrected chi connectivity index (χ3v) is 8.23. The number of carbonyl (C=O) groups is 2. The highest BCUT2D eigenvalue weighted by Crippen LogP contribution is 2.55. The Labute approximate surface area is 180 Å². The molecule has 0 unspecified atom stereocenters. The summed E-state index contributed by atoms with van der Waals surface area (Å²) >= 11 is 4.22. The SMILES string of the molecule is O=C(C1=NN(c2ccccc2)[C@]2(SCC(=O)N2c2ccccc2)S1)c1cccs1. The Balaban J connectivity index is 1.63. The summed E-state index contributed by atoms with van der Waals surface area (Å²) in [7, 11) is 0. The van der Waals surface area contributed by atoms with E-state index in [1.807, 2.05) is 72.1 Å². The monoisotopic (exact) mass is 437 g/mol. The number of Topliss-reactive ketones (excluding diaryl/α,β-unsaturated/α-hetero) is 1. The van der Waals surface area contributed by atoms with E-state index in [0.717, 1.165) is 11.4 Å². The Morgan fingerprint density at radius 1 is 0.931 bits per heavy atom. The van der Waals surface area contributed by atoms with Gasteiger partial charge in [-0.25, -0.2) is 5.01 Å². The lowest BCUT2D eigenvalue weighted by molar-refractivity contribution is -0.115. The third kappa shape index (κ3) is 3.08. The zero-order valence-corrected chi connectivity index (χ0v) is 17.5. The summed E-state index contributed by atoms with van der Waals surface area (Å²) in [5, 5.41) is 8.79. The molecule has 1 amide bonds. The van der Waals surface area contributed by atoms with Crippen LogP contribution in [0.25, 0.3) is 0 Å². The molecule has 29 heavy (non-hydrogen) atoms. The molecular weight excluding hydrogens is 422 g/mol. The summed E-state index contributed by atoms with van der Waals surface area (Å²) in [5.41, 5.74) is 1.62. The molecule has 2 aliphatic rings. The van der Waals surface area contributed by atoms with Gasteiger partial charge in [-0.2, -0.15) is 5.10 Å². The van der Waals surface area contributed by atoms with Crippen molar-refractivity contribution in [2.24, 2.45) is 5.10 Å². The highest BCUT2D eigenvalue weighted by molar-refractivity contribution is 8.28. The van der Waals surface area contributed by atoms with Crippen LogP contribution in [0.15, 0.2) is 83.3 Å². The number of thiophene rings is 1. The standard InChI is InChI=1S/C21H15N3O2S3/c25-18-14-28-21(23(18)15-8-3-1-4-9-15)24(16-10-5-2-6-11-16)22-20(29-21)19(26)17-12-7-13-27-17/h1-13H,14H2/t21-/m1/s1.